The van der Waals surface area contributed by atoms with Gasteiger partial charge in [0.15, 0.2) is 0 Å². The summed E-state index contributed by atoms with van der Waals surface area (Å²) in [7, 11) is 0. The summed E-state index contributed by atoms with van der Waals surface area (Å²) in [5.74, 6) is 1.16. The van der Waals surface area contributed by atoms with E-state index in [1.165, 1.54) is 11.1 Å². The molecule has 0 radical (unpaired) electrons. The van der Waals surface area contributed by atoms with E-state index in [1.807, 2.05) is 6.08 Å². The first-order valence-corrected chi connectivity index (χ1v) is 5.43. The molecule has 1 heteroatoms. The van der Waals surface area contributed by atoms with E-state index in [4.69, 9.17) is 11.6 Å². The summed E-state index contributed by atoms with van der Waals surface area (Å²) in [6.45, 7) is 0. The Kier molecular flexibility index (Phi) is 3.05. The molecule has 0 nitrogen and oxygen atoms in total. The third-order valence-corrected chi connectivity index (χ3v) is 2.73. The van der Waals surface area contributed by atoms with Gasteiger partial charge in [-0.25, -0.2) is 0 Å². The van der Waals surface area contributed by atoms with E-state index < -0.39 is 0 Å². The highest BCUT2D eigenvalue weighted by atomic mass is 35.5. The molecule has 0 saturated carbocycles. The zero-order chi connectivity index (χ0) is 9.80. The minimum absolute atomic E-state index is 0.547. The molecular formula is C13H13Cl. The molecule has 0 amide bonds. The topological polar surface area (TPSA) is 0 Å². The van der Waals surface area contributed by atoms with Crippen molar-refractivity contribution in [1.82, 2.24) is 0 Å². The largest absolute Gasteiger partial charge is 0.122 e. The van der Waals surface area contributed by atoms with Crippen LogP contribution in [0.3, 0.4) is 0 Å². The van der Waals surface area contributed by atoms with Gasteiger partial charge in [0.05, 0.1) is 0 Å². The summed E-state index contributed by atoms with van der Waals surface area (Å²) in [6.07, 6.45) is 9.69. The summed E-state index contributed by atoms with van der Waals surface area (Å²) in [6, 6.07) is 8.55. The third kappa shape index (κ3) is 1.91. The normalized spacial score (nSPS) is 19.1. The van der Waals surface area contributed by atoms with Crippen LogP contribution in [0.25, 0.3) is 6.08 Å². The van der Waals surface area contributed by atoms with Crippen LogP contribution in [0.15, 0.2) is 42.5 Å². The van der Waals surface area contributed by atoms with Crippen LogP contribution in [0, 0.1) is 0 Å². The van der Waals surface area contributed by atoms with E-state index in [0.717, 1.165) is 6.42 Å². The molecule has 2 rings (SSSR count). The Balaban J connectivity index is 2.11. The molecule has 0 N–H and O–H groups in total. The Morgan fingerprint density at radius 3 is 2.93 bits per heavy atom. The zero-order valence-corrected chi connectivity index (χ0v) is 8.74. The van der Waals surface area contributed by atoms with Gasteiger partial charge in [-0.15, -0.1) is 11.6 Å². The summed E-state index contributed by atoms with van der Waals surface area (Å²) in [4.78, 5) is 0. The van der Waals surface area contributed by atoms with Gasteiger partial charge in [-0.05, 0) is 17.5 Å². The van der Waals surface area contributed by atoms with Crippen molar-refractivity contribution < 1.29 is 0 Å². The van der Waals surface area contributed by atoms with E-state index in [0.29, 0.717) is 11.8 Å². The van der Waals surface area contributed by atoms with Crippen molar-refractivity contribution in [2.75, 3.05) is 5.88 Å². The summed E-state index contributed by atoms with van der Waals surface area (Å²) < 4.78 is 0. The standard InChI is InChI=1S/C13H13Cl/c14-10-4-3-6-12-9-8-11-5-1-2-7-13(11)12/h1-5,7-9,12H,6,10H2. The molecule has 1 aromatic carbocycles. The highest BCUT2D eigenvalue weighted by Gasteiger charge is 2.14. The number of hydrogen-bond donors (Lipinski definition) is 0. The second-order valence-corrected chi connectivity index (χ2v) is 3.76. The Morgan fingerprint density at radius 1 is 1.21 bits per heavy atom. The number of allylic oxidation sites excluding steroid dienone is 3. The summed E-state index contributed by atoms with van der Waals surface area (Å²) in [5, 5.41) is 0. The van der Waals surface area contributed by atoms with Gasteiger partial charge in [0.1, 0.15) is 0 Å². The second-order valence-electron chi connectivity index (χ2n) is 3.46. The smallest absolute Gasteiger partial charge is 0.0404 e. The van der Waals surface area contributed by atoms with Gasteiger partial charge in [-0.2, -0.15) is 0 Å². The van der Waals surface area contributed by atoms with Gasteiger partial charge in [0, 0.05) is 11.8 Å². The number of hydrogen-bond acceptors (Lipinski definition) is 0. The van der Waals surface area contributed by atoms with Crippen LogP contribution in [-0.4, -0.2) is 5.88 Å². The highest BCUT2D eigenvalue weighted by Crippen LogP contribution is 2.32. The van der Waals surface area contributed by atoms with Crippen molar-refractivity contribution in [2.24, 2.45) is 0 Å². The van der Waals surface area contributed by atoms with Gasteiger partial charge in [0.25, 0.3) is 0 Å². The number of benzene rings is 1. The molecular weight excluding hydrogens is 192 g/mol. The molecule has 72 valence electrons. The van der Waals surface area contributed by atoms with Crippen LogP contribution in [-0.2, 0) is 0 Å². The highest BCUT2D eigenvalue weighted by molar-refractivity contribution is 6.18. The first kappa shape index (κ1) is 9.54. The zero-order valence-electron chi connectivity index (χ0n) is 7.99. The van der Waals surface area contributed by atoms with Crippen molar-refractivity contribution in [3.63, 3.8) is 0 Å². The molecule has 14 heavy (non-hydrogen) atoms. The second kappa shape index (κ2) is 4.47. The van der Waals surface area contributed by atoms with Gasteiger partial charge < -0.3 is 0 Å². The molecule has 0 spiro atoms. The molecule has 0 heterocycles. The average molecular weight is 205 g/mol. The van der Waals surface area contributed by atoms with E-state index >= 15 is 0 Å². The van der Waals surface area contributed by atoms with E-state index in [2.05, 4.69) is 42.5 Å². The molecule has 0 aliphatic heterocycles. The number of rotatable bonds is 3. The molecule has 1 aliphatic rings. The van der Waals surface area contributed by atoms with E-state index in [9.17, 15) is 0 Å². The summed E-state index contributed by atoms with van der Waals surface area (Å²) in [5.41, 5.74) is 2.79. The van der Waals surface area contributed by atoms with Crippen molar-refractivity contribution in [1.29, 1.82) is 0 Å². The molecule has 1 unspecified atom stereocenters. The summed E-state index contributed by atoms with van der Waals surface area (Å²) >= 11 is 5.58. The van der Waals surface area contributed by atoms with Crippen LogP contribution in [0.5, 0.6) is 0 Å². The average Bonchev–Trinajstić information content (AvgIpc) is 2.63. The first-order valence-electron chi connectivity index (χ1n) is 4.90. The molecule has 0 saturated heterocycles. The monoisotopic (exact) mass is 204 g/mol. The molecule has 1 atom stereocenters. The Bertz CT molecular complexity index is 363. The molecule has 1 aromatic rings. The lowest BCUT2D eigenvalue weighted by atomic mass is 9.98. The maximum Gasteiger partial charge on any atom is 0.0404 e. The van der Waals surface area contributed by atoms with Gasteiger partial charge in [-0.3, -0.25) is 0 Å². The lowest BCUT2D eigenvalue weighted by Crippen LogP contribution is -1.90. The minimum Gasteiger partial charge on any atom is -0.122 e. The van der Waals surface area contributed by atoms with Crippen LogP contribution in [0.4, 0.5) is 0 Å². The van der Waals surface area contributed by atoms with E-state index in [-0.39, 0.29) is 0 Å². The third-order valence-electron chi connectivity index (χ3n) is 2.55. The van der Waals surface area contributed by atoms with Crippen LogP contribution < -0.4 is 0 Å². The lowest BCUT2D eigenvalue weighted by Gasteiger charge is -2.07. The van der Waals surface area contributed by atoms with Crippen molar-refractivity contribution in [3.05, 3.63) is 53.6 Å². The lowest BCUT2D eigenvalue weighted by molar-refractivity contribution is 0.879. The Hall–Kier alpha value is -1.01. The number of alkyl halides is 1. The molecule has 1 aliphatic carbocycles. The molecule has 0 bridgehead atoms. The van der Waals surface area contributed by atoms with Gasteiger partial charge in [0.2, 0.25) is 0 Å². The van der Waals surface area contributed by atoms with Crippen LogP contribution >= 0.6 is 11.6 Å². The van der Waals surface area contributed by atoms with Crippen molar-refractivity contribution in [2.45, 2.75) is 12.3 Å². The van der Waals surface area contributed by atoms with Crippen molar-refractivity contribution >= 4 is 17.7 Å². The fraction of sp³-hybridized carbons (Fsp3) is 0.231. The maximum absolute atomic E-state index is 5.58. The van der Waals surface area contributed by atoms with Gasteiger partial charge in [-0.1, -0.05) is 48.6 Å². The minimum atomic E-state index is 0.547. The fourth-order valence-electron chi connectivity index (χ4n) is 1.84. The van der Waals surface area contributed by atoms with Crippen LogP contribution in [0.1, 0.15) is 23.5 Å². The maximum atomic E-state index is 5.58. The molecule has 0 fully saturated rings. The van der Waals surface area contributed by atoms with E-state index in [1.54, 1.807) is 0 Å². The fourth-order valence-corrected chi connectivity index (χ4v) is 1.96. The first-order chi connectivity index (χ1) is 6.92. The number of halogens is 1. The quantitative estimate of drug-likeness (QED) is 0.516. The Morgan fingerprint density at radius 2 is 2.07 bits per heavy atom. The predicted molar refractivity (Wildman–Crippen MR) is 62.7 cm³/mol. The van der Waals surface area contributed by atoms with Crippen LogP contribution in [0.2, 0.25) is 0 Å². The van der Waals surface area contributed by atoms with Crippen molar-refractivity contribution in [3.8, 4) is 0 Å². The predicted octanol–water partition coefficient (Wildman–Crippen LogP) is 3.98. The van der Waals surface area contributed by atoms with Gasteiger partial charge >= 0.3 is 0 Å². The SMILES string of the molecule is ClCC=CCC1C=Cc2ccccc21. The Labute approximate surface area is 89.9 Å². The molecule has 0 aromatic heterocycles. The number of fused-ring (bicyclic) bond motifs is 1.